The lowest BCUT2D eigenvalue weighted by atomic mass is 10.1. The SMILES string of the molecule is CC1CN(c2ncccc2[N+](=O)[O-])CCN1CC#Cc1ccccc1. The van der Waals surface area contributed by atoms with Crippen molar-refractivity contribution < 1.29 is 4.92 Å². The molecule has 0 radical (unpaired) electrons. The Morgan fingerprint density at radius 3 is 2.76 bits per heavy atom. The molecule has 1 unspecified atom stereocenters. The number of hydrogen-bond donors (Lipinski definition) is 0. The van der Waals surface area contributed by atoms with Crippen molar-refractivity contribution in [3.8, 4) is 11.8 Å². The van der Waals surface area contributed by atoms with Crippen LogP contribution in [0.3, 0.4) is 0 Å². The Hall–Kier alpha value is -2.91. The molecule has 1 saturated heterocycles. The number of anilines is 1. The van der Waals surface area contributed by atoms with E-state index in [0.29, 0.717) is 25.5 Å². The predicted molar refractivity (Wildman–Crippen MR) is 97.5 cm³/mol. The lowest BCUT2D eigenvalue weighted by Crippen LogP contribution is -2.52. The highest BCUT2D eigenvalue weighted by molar-refractivity contribution is 5.57. The highest BCUT2D eigenvalue weighted by atomic mass is 16.6. The minimum absolute atomic E-state index is 0.0621. The van der Waals surface area contributed by atoms with Crippen LogP contribution >= 0.6 is 0 Å². The third kappa shape index (κ3) is 4.14. The summed E-state index contributed by atoms with van der Waals surface area (Å²) < 4.78 is 0. The van der Waals surface area contributed by atoms with Gasteiger partial charge < -0.3 is 4.90 Å². The number of benzene rings is 1. The number of nitro groups is 1. The van der Waals surface area contributed by atoms with Crippen molar-refractivity contribution in [1.29, 1.82) is 0 Å². The molecule has 0 saturated carbocycles. The summed E-state index contributed by atoms with van der Waals surface area (Å²) >= 11 is 0. The van der Waals surface area contributed by atoms with Gasteiger partial charge in [-0.25, -0.2) is 4.98 Å². The van der Waals surface area contributed by atoms with Crippen molar-refractivity contribution in [3.63, 3.8) is 0 Å². The molecule has 1 aliphatic heterocycles. The molecule has 0 N–H and O–H groups in total. The van der Waals surface area contributed by atoms with E-state index in [1.165, 1.54) is 6.07 Å². The summed E-state index contributed by atoms with van der Waals surface area (Å²) in [6.07, 6.45) is 1.60. The molecule has 0 bridgehead atoms. The standard InChI is InChI=1S/C19H20N4O2/c1-16-15-22(19-18(23(24)25)10-5-11-20-19)14-13-21(16)12-6-9-17-7-3-2-4-8-17/h2-5,7-8,10-11,16H,12-15H2,1H3. The van der Waals surface area contributed by atoms with Gasteiger partial charge in [-0.2, -0.15) is 0 Å². The second-order valence-electron chi connectivity index (χ2n) is 6.04. The van der Waals surface area contributed by atoms with E-state index in [4.69, 9.17) is 0 Å². The zero-order valence-corrected chi connectivity index (χ0v) is 14.1. The van der Waals surface area contributed by atoms with Gasteiger partial charge in [0.1, 0.15) is 0 Å². The van der Waals surface area contributed by atoms with E-state index in [1.807, 2.05) is 35.2 Å². The molecule has 6 nitrogen and oxygen atoms in total. The Morgan fingerprint density at radius 1 is 1.24 bits per heavy atom. The summed E-state index contributed by atoms with van der Waals surface area (Å²) in [5, 5.41) is 11.2. The molecular weight excluding hydrogens is 316 g/mol. The second kappa shape index (κ2) is 7.77. The first kappa shape index (κ1) is 16.9. The van der Waals surface area contributed by atoms with Gasteiger partial charge in [0.25, 0.3) is 0 Å². The maximum atomic E-state index is 11.2. The van der Waals surface area contributed by atoms with E-state index < -0.39 is 0 Å². The van der Waals surface area contributed by atoms with Crippen LogP contribution in [0.2, 0.25) is 0 Å². The van der Waals surface area contributed by atoms with E-state index in [9.17, 15) is 10.1 Å². The lowest BCUT2D eigenvalue weighted by molar-refractivity contribution is -0.384. The van der Waals surface area contributed by atoms with E-state index in [1.54, 1.807) is 12.3 Å². The molecule has 6 heteroatoms. The summed E-state index contributed by atoms with van der Waals surface area (Å²) in [5.41, 5.74) is 1.07. The normalized spacial score (nSPS) is 17.6. The first-order chi connectivity index (χ1) is 12.1. The third-order valence-corrected chi connectivity index (χ3v) is 4.32. The van der Waals surface area contributed by atoms with Crippen LogP contribution in [0.15, 0.2) is 48.7 Å². The Balaban J connectivity index is 1.64. The quantitative estimate of drug-likeness (QED) is 0.490. The van der Waals surface area contributed by atoms with Crippen LogP contribution in [-0.4, -0.2) is 47.0 Å². The van der Waals surface area contributed by atoms with Gasteiger partial charge in [-0.3, -0.25) is 15.0 Å². The molecule has 1 aliphatic rings. The molecule has 2 aromatic rings. The van der Waals surface area contributed by atoms with Crippen LogP contribution in [0.5, 0.6) is 0 Å². The van der Waals surface area contributed by atoms with Gasteiger partial charge in [0, 0.05) is 43.5 Å². The second-order valence-corrected chi connectivity index (χ2v) is 6.04. The number of hydrogen-bond acceptors (Lipinski definition) is 5. The van der Waals surface area contributed by atoms with Crippen molar-refractivity contribution in [2.24, 2.45) is 0 Å². The summed E-state index contributed by atoms with van der Waals surface area (Å²) in [5.74, 6) is 6.85. The highest BCUT2D eigenvalue weighted by Gasteiger charge is 2.28. The number of rotatable bonds is 3. The van der Waals surface area contributed by atoms with Crippen molar-refractivity contribution in [3.05, 3.63) is 64.3 Å². The van der Waals surface area contributed by atoms with Crippen molar-refractivity contribution in [1.82, 2.24) is 9.88 Å². The minimum Gasteiger partial charge on any atom is -0.348 e. The maximum Gasteiger partial charge on any atom is 0.311 e. The summed E-state index contributed by atoms with van der Waals surface area (Å²) in [6, 6.07) is 13.3. The average molecular weight is 336 g/mol. The number of nitrogens with zero attached hydrogens (tertiary/aromatic N) is 4. The molecule has 2 heterocycles. The number of pyridine rings is 1. The van der Waals surface area contributed by atoms with E-state index in [2.05, 4.69) is 28.6 Å². The fraction of sp³-hybridized carbons (Fsp3) is 0.316. The van der Waals surface area contributed by atoms with Crippen molar-refractivity contribution in [2.45, 2.75) is 13.0 Å². The molecule has 1 aromatic heterocycles. The lowest BCUT2D eigenvalue weighted by Gasteiger charge is -2.39. The van der Waals surface area contributed by atoms with E-state index >= 15 is 0 Å². The van der Waals surface area contributed by atoms with Crippen molar-refractivity contribution >= 4 is 11.5 Å². The van der Waals surface area contributed by atoms with Crippen LogP contribution in [-0.2, 0) is 0 Å². The van der Waals surface area contributed by atoms with Crippen LogP contribution in [0.1, 0.15) is 12.5 Å². The number of aromatic nitrogens is 1. The maximum absolute atomic E-state index is 11.2. The molecule has 1 atom stereocenters. The highest BCUT2D eigenvalue weighted by Crippen LogP contribution is 2.26. The van der Waals surface area contributed by atoms with Crippen LogP contribution < -0.4 is 4.90 Å². The number of piperazine rings is 1. The topological polar surface area (TPSA) is 62.5 Å². The van der Waals surface area contributed by atoms with Gasteiger partial charge in [-0.15, -0.1) is 0 Å². The minimum atomic E-state index is -0.370. The Morgan fingerprint density at radius 2 is 2.04 bits per heavy atom. The fourth-order valence-electron chi connectivity index (χ4n) is 2.96. The van der Waals surface area contributed by atoms with Crippen molar-refractivity contribution in [2.75, 3.05) is 31.1 Å². The molecule has 25 heavy (non-hydrogen) atoms. The van der Waals surface area contributed by atoms with E-state index in [-0.39, 0.29) is 16.7 Å². The molecule has 128 valence electrons. The molecule has 0 aliphatic carbocycles. The fourth-order valence-corrected chi connectivity index (χ4v) is 2.96. The summed E-state index contributed by atoms with van der Waals surface area (Å²) in [6.45, 7) is 5.01. The Bertz CT molecular complexity index is 798. The molecule has 3 rings (SSSR count). The van der Waals surface area contributed by atoms with E-state index in [0.717, 1.165) is 12.1 Å². The monoisotopic (exact) mass is 336 g/mol. The predicted octanol–water partition coefficient (Wildman–Crippen LogP) is 2.55. The van der Waals surface area contributed by atoms with Gasteiger partial charge in [0.15, 0.2) is 0 Å². The smallest absolute Gasteiger partial charge is 0.311 e. The first-order valence-corrected chi connectivity index (χ1v) is 8.27. The van der Waals surface area contributed by atoms with Gasteiger partial charge in [-0.05, 0) is 25.1 Å². The van der Waals surface area contributed by atoms with Gasteiger partial charge in [0.2, 0.25) is 5.82 Å². The van der Waals surface area contributed by atoms with Crippen LogP contribution in [0, 0.1) is 22.0 Å². The zero-order valence-electron chi connectivity index (χ0n) is 14.1. The molecule has 1 fully saturated rings. The Labute approximate surface area is 147 Å². The molecular formula is C19H20N4O2. The van der Waals surface area contributed by atoms with Gasteiger partial charge in [0.05, 0.1) is 11.5 Å². The molecule has 0 spiro atoms. The van der Waals surface area contributed by atoms with Gasteiger partial charge in [-0.1, -0.05) is 30.0 Å². The summed E-state index contributed by atoms with van der Waals surface area (Å²) in [7, 11) is 0. The largest absolute Gasteiger partial charge is 0.348 e. The Kier molecular flexibility index (Phi) is 5.26. The summed E-state index contributed by atoms with van der Waals surface area (Å²) in [4.78, 5) is 19.3. The van der Waals surface area contributed by atoms with Gasteiger partial charge >= 0.3 is 5.69 Å². The third-order valence-electron chi connectivity index (χ3n) is 4.32. The zero-order chi connectivity index (χ0) is 17.6. The molecule has 1 aromatic carbocycles. The van der Waals surface area contributed by atoms with Crippen LogP contribution in [0.4, 0.5) is 11.5 Å². The average Bonchev–Trinajstić information content (AvgIpc) is 2.64. The first-order valence-electron chi connectivity index (χ1n) is 8.27. The molecule has 0 amide bonds. The van der Waals surface area contributed by atoms with Crippen LogP contribution in [0.25, 0.3) is 0 Å².